The summed E-state index contributed by atoms with van der Waals surface area (Å²) in [5, 5.41) is 0. The van der Waals surface area contributed by atoms with E-state index in [4.69, 9.17) is 10.5 Å². The number of primary amides is 1. The van der Waals surface area contributed by atoms with E-state index in [-0.39, 0.29) is 6.10 Å². The summed E-state index contributed by atoms with van der Waals surface area (Å²) in [6, 6.07) is 0. The highest BCUT2D eigenvalue weighted by Gasteiger charge is 2.21. The zero-order valence-electron chi connectivity index (χ0n) is 8.49. The first kappa shape index (κ1) is 11.0. The van der Waals surface area contributed by atoms with Gasteiger partial charge in [-0.25, -0.2) is 4.79 Å². The number of hydrogen-bond acceptors (Lipinski definition) is 3. The molecule has 0 bridgehead atoms. The second kappa shape index (κ2) is 4.98. The van der Waals surface area contributed by atoms with Crippen LogP contribution in [0, 0.1) is 5.92 Å². The van der Waals surface area contributed by atoms with Gasteiger partial charge in [0.1, 0.15) is 11.9 Å². The highest BCUT2D eigenvalue weighted by Crippen LogP contribution is 2.26. The van der Waals surface area contributed by atoms with Gasteiger partial charge < -0.3 is 10.5 Å². The quantitative estimate of drug-likeness (QED) is 0.750. The first-order chi connectivity index (χ1) is 6.58. The first-order valence-electron chi connectivity index (χ1n) is 5.05. The molecule has 0 unspecified atom stereocenters. The summed E-state index contributed by atoms with van der Waals surface area (Å²) in [7, 11) is 0. The van der Waals surface area contributed by atoms with Crippen molar-refractivity contribution in [2.45, 2.75) is 45.1 Å². The van der Waals surface area contributed by atoms with E-state index < -0.39 is 6.09 Å². The predicted molar refractivity (Wildman–Crippen MR) is 51.7 cm³/mol. The Balaban J connectivity index is 2.23. The van der Waals surface area contributed by atoms with Crippen molar-refractivity contribution in [2.75, 3.05) is 0 Å². The van der Waals surface area contributed by atoms with Crippen LogP contribution in [0.2, 0.25) is 0 Å². The average Bonchev–Trinajstić information content (AvgIpc) is 2.07. The smallest absolute Gasteiger partial charge is 0.404 e. The van der Waals surface area contributed by atoms with Crippen molar-refractivity contribution in [2.24, 2.45) is 11.7 Å². The van der Waals surface area contributed by atoms with Crippen molar-refractivity contribution in [1.82, 2.24) is 0 Å². The van der Waals surface area contributed by atoms with Crippen LogP contribution in [-0.4, -0.2) is 18.0 Å². The fraction of sp³-hybridized carbons (Fsp3) is 0.800. The Morgan fingerprint density at radius 2 is 2.14 bits per heavy atom. The summed E-state index contributed by atoms with van der Waals surface area (Å²) in [5.41, 5.74) is 4.91. The Labute approximate surface area is 83.8 Å². The van der Waals surface area contributed by atoms with Crippen LogP contribution >= 0.6 is 0 Å². The fourth-order valence-corrected chi connectivity index (χ4v) is 1.95. The highest BCUT2D eigenvalue weighted by atomic mass is 16.6. The lowest BCUT2D eigenvalue weighted by Crippen LogP contribution is -2.24. The van der Waals surface area contributed by atoms with Gasteiger partial charge in [0.05, 0.1) is 0 Å². The number of Topliss-reactive ketones (excluding diaryl/α,β-unsaturated/α-hetero) is 1. The van der Waals surface area contributed by atoms with Gasteiger partial charge in [-0.2, -0.15) is 0 Å². The van der Waals surface area contributed by atoms with E-state index in [1.807, 2.05) is 6.92 Å². The minimum Gasteiger partial charge on any atom is -0.447 e. The molecule has 0 radical (unpaired) electrons. The number of ether oxygens (including phenoxy) is 1. The van der Waals surface area contributed by atoms with Gasteiger partial charge >= 0.3 is 6.09 Å². The lowest BCUT2D eigenvalue weighted by molar-refractivity contribution is -0.121. The molecule has 0 spiro atoms. The molecule has 1 aliphatic rings. The van der Waals surface area contributed by atoms with Gasteiger partial charge in [-0.15, -0.1) is 0 Å². The predicted octanol–water partition coefficient (Wildman–Crippen LogP) is 1.62. The van der Waals surface area contributed by atoms with Gasteiger partial charge in [0.15, 0.2) is 0 Å². The van der Waals surface area contributed by atoms with Gasteiger partial charge in [-0.3, -0.25) is 4.79 Å². The van der Waals surface area contributed by atoms with Crippen molar-refractivity contribution in [3.63, 3.8) is 0 Å². The molecule has 2 N–H and O–H groups in total. The monoisotopic (exact) mass is 199 g/mol. The first-order valence-corrected chi connectivity index (χ1v) is 5.05. The third-order valence-corrected chi connectivity index (χ3v) is 2.65. The zero-order valence-corrected chi connectivity index (χ0v) is 8.49. The maximum Gasteiger partial charge on any atom is 0.404 e. The molecule has 0 aliphatic heterocycles. The molecule has 0 saturated heterocycles. The summed E-state index contributed by atoms with van der Waals surface area (Å²) in [6.45, 7) is 1.83. The SMILES string of the molecule is C[C@@H](CC1CCC(=O)CC1)OC(N)=O. The van der Waals surface area contributed by atoms with Gasteiger partial charge in [-0.1, -0.05) is 0 Å². The third kappa shape index (κ3) is 3.77. The van der Waals surface area contributed by atoms with Crippen LogP contribution < -0.4 is 5.73 Å². The van der Waals surface area contributed by atoms with Crippen molar-refractivity contribution in [3.05, 3.63) is 0 Å². The molecule has 0 aromatic rings. The number of carbonyl (C=O) groups is 2. The number of rotatable bonds is 3. The van der Waals surface area contributed by atoms with Crippen LogP contribution in [-0.2, 0) is 9.53 Å². The molecular formula is C10H17NO3. The lowest BCUT2D eigenvalue weighted by atomic mass is 9.85. The van der Waals surface area contributed by atoms with Crippen molar-refractivity contribution in [1.29, 1.82) is 0 Å². The summed E-state index contributed by atoms with van der Waals surface area (Å²) in [5.74, 6) is 0.853. The molecule has 0 aromatic heterocycles. The van der Waals surface area contributed by atoms with E-state index in [1.54, 1.807) is 0 Å². The molecule has 80 valence electrons. The van der Waals surface area contributed by atoms with E-state index in [1.165, 1.54) is 0 Å². The number of ketones is 1. The summed E-state index contributed by atoms with van der Waals surface area (Å²) >= 11 is 0. The molecule has 1 saturated carbocycles. The molecular weight excluding hydrogens is 182 g/mol. The Morgan fingerprint density at radius 1 is 1.57 bits per heavy atom. The number of hydrogen-bond donors (Lipinski definition) is 1. The topological polar surface area (TPSA) is 69.4 Å². The molecule has 14 heavy (non-hydrogen) atoms. The molecule has 0 heterocycles. The maximum absolute atomic E-state index is 11.0. The van der Waals surface area contributed by atoms with Crippen molar-refractivity contribution in [3.8, 4) is 0 Å². The molecule has 1 amide bonds. The van der Waals surface area contributed by atoms with E-state index in [0.29, 0.717) is 24.5 Å². The van der Waals surface area contributed by atoms with Gasteiger partial charge in [0, 0.05) is 12.8 Å². The Bertz CT molecular complexity index is 217. The largest absolute Gasteiger partial charge is 0.447 e. The van der Waals surface area contributed by atoms with Crippen LogP contribution in [0.3, 0.4) is 0 Å². The van der Waals surface area contributed by atoms with E-state index in [0.717, 1.165) is 19.3 Å². The Kier molecular flexibility index (Phi) is 3.92. The highest BCUT2D eigenvalue weighted by molar-refractivity contribution is 5.79. The van der Waals surface area contributed by atoms with Gasteiger partial charge in [0.2, 0.25) is 0 Å². The molecule has 1 aliphatic carbocycles. The van der Waals surface area contributed by atoms with Crippen molar-refractivity contribution < 1.29 is 14.3 Å². The standard InChI is InChI=1S/C10H17NO3/c1-7(14-10(11)13)6-8-2-4-9(12)5-3-8/h7-8H,2-6H2,1H3,(H2,11,13)/t7-/m0/s1. The van der Waals surface area contributed by atoms with Gasteiger partial charge in [0.25, 0.3) is 0 Å². The fourth-order valence-electron chi connectivity index (χ4n) is 1.95. The summed E-state index contributed by atoms with van der Waals surface area (Å²) in [4.78, 5) is 21.4. The lowest BCUT2D eigenvalue weighted by Gasteiger charge is -2.23. The molecule has 1 rings (SSSR count). The number of carbonyl (C=O) groups excluding carboxylic acids is 2. The molecule has 4 nitrogen and oxygen atoms in total. The number of amides is 1. The van der Waals surface area contributed by atoms with Crippen LogP contribution in [0.5, 0.6) is 0 Å². The normalized spacial score (nSPS) is 20.5. The summed E-state index contributed by atoms with van der Waals surface area (Å²) < 4.78 is 4.83. The second-order valence-corrected chi connectivity index (χ2v) is 3.97. The molecule has 0 aromatic carbocycles. The minimum atomic E-state index is -0.718. The van der Waals surface area contributed by atoms with Crippen molar-refractivity contribution >= 4 is 11.9 Å². The molecule has 4 heteroatoms. The number of nitrogens with two attached hydrogens (primary N) is 1. The maximum atomic E-state index is 11.0. The van der Waals surface area contributed by atoms with Crippen LogP contribution in [0.25, 0.3) is 0 Å². The Hall–Kier alpha value is -1.06. The van der Waals surface area contributed by atoms with E-state index in [9.17, 15) is 9.59 Å². The minimum absolute atomic E-state index is 0.134. The van der Waals surface area contributed by atoms with E-state index in [2.05, 4.69) is 0 Å². The second-order valence-electron chi connectivity index (χ2n) is 3.97. The summed E-state index contributed by atoms with van der Waals surface area (Å²) in [6.07, 6.45) is 3.16. The van der Waals surface area contributed by atoms with E-state index >= 15 is 0 Å². The average molecular weight is 199 g/mol. The van der Waals surface area contributed by atoms with Crippen LogP contribution in [0.15, 0.2) is 0 Å². The third-order valence-electron chi connectivity index (χ3n) is 2.65. The Morgan fingerprint density at radius 3 is 2.64 bits per heavy atom. The molecule has 1 atom stereocenters. The molecule has 1 fully saturated rings. The van der Waals surface area contributed by atoms with Gasteiger partial charge in [-0.05, 0) is 32.1 Å². The van der Waals surface area contributed by atoms with Crippen LogP contribution in [0.1, 0.15) is 39.0 Å². The zero-order chi connectivity index (χ0) is 10.6. The van der Waals surface area contributed by atoms with Crippen LogP contribution in [0.4, 0.5) is 4.79 Å².